The number of pyridine rings is 1. The highest BCUT2D eigenvalue weighted by molar-refractivity contribution is 5.77. The molecule has 1 aliphatic rings. The Morgan fingerprint density at radius 1 is 1.24 bits per heavy atom. The SMILES string of the molecule is CC(C)(C)CC(=O)N1CCN(c2ccc(CN)cn2)CC1. The standard InChI is InChI=1S/C16H26N4O/c1-16(2,3)10-15(21)20-8-6-19(7-9-20)14-5-4-13(11-17)12-18-14/h4-5,12H,6-11,17H2,1-3H3. The summed E-state index contributed by atoms with van der Waals surface area (Å²) in [6.45, 7) is 10.0. The van der Waals surface area contributed by atoms with Crippen molar-refractivity contribution in [2.45, 2.75) is 33.7 Å². The van der Waals surface area contributed by atoms with Crippen molar-refractivity contribution in [2.24, 2.45) is 11.1 Å². The lowest BCUT2D eigenvalue weighted by Gasteiger charge is -2.36. The molecule has 0 bridgehead atoms. The Labute approximate surface area is 127 Å². The van der Waals surface area contributed by atoms with Crippen LogP contribution >= 0.6 is 0 Å². The minimum Gasteiger partial charge on any atom is -0.353 e. The second-order valence-electron chi connectivity index (χ2n) is 6.83. The first-order valence-electron chi connectivity index (χ1n) is 7.57. The van der Waals surface area contributed by atoms with Gasteiger partial charge >= 0.3 is 0 Å². The van der Waals surface area contributed by atoms with Gasteiger partial charge in [0.05, 0.1) is 0 Å². The van der Waals surface area contributed by atoms with Crippen LogP contribution in [0.15, 0.2) is 18.3 Å². The number of nitrogens with two attached hydrogens (primary N) is 1. The third-order valence-electron chi connectivity index (χ3n) is 3.68. The van der Waals surface area contributed by atoms with Crippen molar-refractivity contribution in [3.05, 3.63) is 23.9 Å². The van der Waals surface area contributed by atoms with Gasteiger partial charge in [0.2, 0.25) is 5.91 Å². The summed E-state index contributed by atoms with van der Waals surface area (Å²) >= 11 is 0. The smallest absolute Gasteiger partial charge is 0.223 e. The van der Waals surface area contributed by atoms with E-state index in [2.05, 4.69) is 30.7 Å². The van der Waals surface area contributed by atoms with E-state index < -0.39 is 0 Å². The number of anilines is 1. The topological polar surface area (TPSA) is 62.5 Å². The van der Waals surface area contributed by atoms with Crippen molar-refractivity contribution in [3.8, 4) is 0 Å². The molecule has 0 atom stereocenters. The molecule has 5 heteroatoms. The Morgan fingerprint density at radius 3 is 2.38 bits per heavy atom. The van der Waals surface area contributed by atoms with E-state index >= 15 is 0 Å². The van der Waals surface area contributed by atoms with Crippen LogP contribution in [0.5, 0.6) is 0 Å². The molecular weight excluding hydrogens is 264 g/mol. The van der Waals surface area contributed by atoms with Crippen molar-refractivity contribution >= 4 is 11.7 Å². The summed E-state index contributed by atoms with van der Waals surface area (Å²) in [6, 6.07) is 4.02. The van der Waals surface area contributed by atoms with Crippen LogP contribution < -0.4 is 10.6 Å². The molecule has 21 heavy (non-hydrogen) atoms. The third-order valence-corrected chi connectivity index (χ3v) is 3.68. The molecule has 0 aromatic carbocycles. The lowest BCUT2D eigenvalue weighted by Crippen LogP contribution is -2.49. The van der Waals surface area contributed by atoms with Crippen LogP contribution in [0.2, 0.25) is 0 Å². The van der Waals surface area contributed by atoms with E-state index in [9.17, 15) is 4.79 Å². The van der Waals surface area contributed by atoms with Crippen LogP contribution in [0.4, 0.5) is 5.82 Å². The molecule has 0 unspecified atom stereocenters. The maximum atomic E-state index is 12.2. The average Bonchev–Trinajstić information content (AvgIpc) is 2.46. The number of nitrogens with zero attached hydrogens (tertiary/aromatic N) is 3. The molecule has 2 rings (SSSR count). The Hall–Kier alpha value is -1.62. The van der Waals surface area contributed by atoms with Gasteiger partial charge in [0.25, 0.3) is 0 Å². The van der Waals surface area contributed by atoms with Crippen LogP contribution in [-0.2, 0) is 11.3 Å². The molecule has 1 aromatic heterocycles. The zero-order valence-corrected chi connectivity index (χ0v) is 13.3. The molecule has 116 valence electrons. The predicted octanol–water partition coefficient (Wildman–Crippen LogP) is 1.63. The molecule has 0 saturated carbocycles. The van der Waals surface area contributed by atoms with Gasteiger partial charge in [-0.3, -0.25) is 4.79 Å². The number of hydrogen-bond acceptors (Lipinski definition) is 4. The van der Waals surface area contributed by atoms with E-state index in [1.165, 1.54) is 0 Å². The minimum atomic E-state index is 0.0494. The number of hydrogen-bond donors (Lipinski definition) is 1. The molecule has 1 aromatic rings. The number of rotatable bonds is 3. The van der Waals surface area contributed by atoms with Gasteiger partial charge < -0.3 is 15.5 Å². The highest BCUT2D eigenvalue weighted by atomic mass is 16.2. The predicted molar refractivity (Wildman–Crippen MR) is 85.0 cm³/mol. The van der Waals surface area contributed by atoms with Gasteiger partial charge in [-0.25, -0.2) is 4.98 Å². The summed E-state index contributed by atoms with van der Waals surface area (Å²) < 4.78 is 0. The Bertz CT molecular complexity index is 470. The normalized spacial score (nSPS) is 16.2. The number of aromatic nitrogens is 1. The fourth-order valence-corrected chi connectivity index (χ4v) is 2.47. The van der Waals surface area contributed by atoms with Crippen LogP contribution in [0, 0.1) is 5.41 Å². The van der Waals surface area contributed by atoms with Gasteiger partial charge in [0.15, 0.2) is 0 Å². The van der Waals surface area contributed by atoms with Crippen molar-refractivity contribution in [1.29, 1.82) is 0 Å². The van der Waals surface area contributed by atoms with Crippen LogP contribution in [0.1, 0.15) is 32.8 Å². The van der Waals surface area contributed by atoms with Gasteiger partial charge in [0, 0.05) is 45.3 Å². The quantitative estimate of drug-likeness (QED) is 0.919. The van der Waals surface area contributed by atoms with E-state index in [0.29, 0.717) is 13.0 Å². The molecular formula is C16H26N4O. The first-order valence-corrected chi connectivity index (χ1v) is 7.57. The molecule has 5 nitrogen and oxygen atoms in total. The van der Waals surface area contributed by atoms with Gasteiger partial charge in [-0.15, -0.1) is 0 Å². The molecule has 1 fully saturated rings. The lowest BCUT2D eigenvalue weighted by atomic mass is 9.91. The zero-order valence-electron chi connectivity index (χ0n) is 13.3. The second-order valence-corrected chi connectivity index (χ2v) is 6.83. The van der Waals surface area contributed by atoms with Crippen molar-refractivity contribution in [3.63, 3.8) is 0 Å². The fourth-order valence-electron chi connectivity index (χ4n) is 2.47. The Morgan fingerprint density at radius 2 is 1.90 bits per heavy atom. The average molecular weight is 290 g/mol. The highest BCUT2D eigenvalue weighted by Crippen LogP contribution is 2.21. The largest absolute Gasteiger partial charge is 0.353 e. The summed E-state index contributed by atoms with van der Waals surface area (Å²) in [6.07, 6.45) is 2.43. The van der Waals surface area contributed by atoms with Crippen molar-refractivity contribution in [1.82, 2.24) is 9.88 Å². The monoisotopic (exact) mass is 290 g/mol. The Kier molecular flexibility index (Phi) is 4.83. The number of carbonyl (C=O) groups excluding carboxylic acids is 1. The van der Waals surface area contributed by atoms with Crippen LogP contribution in [-0.4, -0.2) is 42.0 Å². The van der Waals surface area contributed by atoms with E-state index in [1.54, 1.807) is 0 Å². The van der Waals surface area contributed by atoms with E-state index in [1.807, 2.05) is 23.2 Å². The fraction of sp³-hybridized carbons (Fsp3) is 0.625. The summed E-state index contributed by atoms with van der Waals surface area (Å²) in [5.74, 6) is 1.23. The zero-order chi connectivity index (χ0) is 15.5. The second kappa shape index (κ2) is 6.43. The third kappa shape index (κ3) is 4.43. The highest BCUT2D eigenvalue weighted by Gasteiger charge is 2.25. The van der Waals surface area contributed by atoms with Crippen LogP contribution in [0.25, 0.3) is 0 Å². The van der Waals surface area contributed by atoms with Gasteiger partial charge in [0.1, 0.15) is 5.82 Å². The molecule has 2 heterocycles. The number of piperazine rings is 1. The maximum Gasteiger partial charge on any atom is 0.223 e. The number of amides is 1. The van der Waals surface area contributed by atoms with Gasteiger partial charge in [-0.2, -0.15) is 0 Å². The summed E-state index contributed by atoms with van der Waals surface area (Å²) in [5, 5.41) is 0. The van der Waals surface area contributed by atoms with Gasteiger partial charge in [-0.1, -0.05) is 26.8 Å². The maximum absolute atomic E-state index is 12.2. The molecule has 2 N–H and O–H groups in total. The molecule has 1 saturated heterocycles. The van der Waals surface area contributed by atoms with E-state index in [0.717, 1.165) is 37.6 Å². The Balaban J connectivity index is 1.89. The van der Waals surface area contributed by atoms with Crippen LogP contribution in [0.3, 0.4) is 0 Å². The van der Waals surface area contributed by atoms with Crippen molar-refractivity contribution in [2.75, 3.05) is 31.1 Å². The molecule has 0 radical (unpaired) electrons. The lowest BCUT2D eigenvalue weighted by molar-refractivity contribution is -0.133. The minimum absolute atomic E-state index is 0.0494. The number of carbonyl (C=O) groups is 1. The first-order chi connectivity index (χ1) is 9.89. The summed E-state index contributed by atoms with van der Waals surface area (Å²) in [4.78, 5) is 20.9. The summed E-state index contributed by atoms with van der Waals surface area (Å²) in [7, 11) is 0. The van der Waals surface area contributed by atoms with Gasteiger partial charge in [-0.05, 0) is 17.0 Å². The molecule has 0 aliphatic carbocycles. The van der Waals surface area contributed by atoms with E-state index in [-0.39, 0.29) is 11.3 Å². The first kappa shape index (κ1) is 15.8. The van der Waals surface area contributed by atoms with E-state index in [4.69, 9.17) is 5.73 Å². The summed E-state index contributed by atoms with van der Waals surface area (Å²) in [5.41, 5.74) is 6.67. The van der Waals surface area contributed by atoms with Crippen molar-refractivity contribution < 1.29 is 4.79 Å². The molecule has 1 aliphatic heterocycles. The molecule has 1 amide bonds. The molecule has 0 spiro atoms.